The second-order valence-electron chi connectivity index (χ2n) is 3.60. The third-order valence-electron chi connectivity index (χ3n) is 2.59. The molecule has 0 amide bonds. The average molecular weight is 247 g/mol. The average Bonchev–Trinajstić information content (AvgIpc) is 2.44. The monoisotopic (exact) mass is 247 g/mol. The van der Waals surface area contributed by atoms with Gasteiger partial charge in [-0.3, -0.25) is 0 Å². The van der Waals surface area contributed by atoms with Crippen LogP contribution in [0.3, 0.4) is 0 Å². The molecule has 1 heterocycles. The number of hydrogen-bond acceptors (Lipinski definition) is 5. The van der Waals surface area contributed by atoms with E-state index in [1.54, 1.807) is 25.3 Å². The number of nitrogens with zero attached hydrogens (tertiary/aromatic N) is 1. The molecule has 0 saturated carbocycles. The summed E-state index contributed by atoms with van der Waals surface area (Å²) in [6.07, 6.45) is 0. The van der Waals surface area contributed by atoms with Gasteiger partial charge in [0.1, 0.15) is 11.3 Å². The number of carbonyl (C=O) groups excluding carboxylic acids is 1. The van der Waals surface area contributed by atoms with Crippen LogP contribution >= 0.6 is 0 Å². The lowest BCUT2D eigenvalue weighted by Gasteiger charge is -2.08. The summed E-state index contributed by atoms with van der Waals surface area (Å²) in [6, 6.07) is 7.09. The molecule has 1 aromatic carbocycles. The van der Waals surface area contributed by atoms with E-state index in [9.17, 15) is 4.79 Å². The summed E-state index contributed by atoms with van der Waals surface area (Å²) in [4.78, 5) is 15.9. The Hall–Kier alpha value is -2.30. The largest absolute Gasteiger partial charge is 0.497 e. The Morgan fingerprint density at radius 3 is 2.50 bits per heavy atom. The fraction of sp³-hybridized carbons (Fsp3) is 0.231. The lowest BCUT2D eigenvalue weighted by atomic mass is 10.1. The number of ether oxygens (including phenoxy) is 3. The lowest BCUT2D eigenvalue weighted by Crippen LogP contribution is -2.05. The summed E-state index contributed by atoms with van der Waals surface area (Å²) in [5, 5.41) is 0.817. The summed E-state index contributed by atoms with van der Waals surface area (Å²) < 4.78 is 14.9. The number of hydrogen-bond donors (Lipinski definition) is 0. The highest BCUT2D eigenvalue weighted by molar-refractivity contribution is 5.96. The van der Waals surface area contributed by atoms with Gasteiger partial charge < -0.3 is 14.2 Å². The maximum atomic E-state index is 11.6. The van der Waals surface area contributed by atoms with Crippen LogP contribution in [0, 0.1) is 0 Å². The van der Waals surface area contributed by atoms with Crippen LogP contribution < -0.4 is 9.47 Å². The van der Waals surface area contributed by atoms with E-state index in [-0.39, 0.29) is 5.88 Å². The van der Waals surface area contributed by atoms with Crippen LogP contribution in [0.15, 0.2) is 24.3 Å². The minimum atomic E-state index is -0.475. The van der Waals surface area contributed by atoms with Gasteiger partial charge in [0.05, 0.1) is 26.8 Å². The summed E-state index contributed by atoms with van der Waals surface area (Å²) in [7, 11) is 4.36. The van der Waals surface area contributed by atoms with E-state index in [2.05, 4.69) is 9.72 Å². The van der Waals surface area contributed by atoms with Crippen LogP contribution in [-0.4, -0.2) is 32.3 Å². The number of pyridine rings is 1. The fourth-order valence-electron chi connectivity index (χ4n) is 1.67. The van der Waals surface area contributed by atoms with Crippen molar-refractivity contribution in [2.45, 2.75) is 0 Å². The molecule has 2 rings (SSSR count). The molecule has 0 bridgehead atoms. The standard InChI is InChI=1S/C13H13NO4/c1-16-9-5-4-8-6-10(13(15)18-3)12(17-2)14-11(8)7-9/h4-7H,1-3H3. The van der Waals surface area contributed by atoms with Crippen LogP contribution in [-0.2, 0) is 4.74 Å². The third-order valence-corrected chi connectivity index (χ3v) is 2.59. The molecule has 0 saturated heterocycles. The molecule has 0 N–H and O–H groups in total. The van der Waals surface area contributed by atoms with Crippen molar-refractivity contribution in [3.63, 3.8) is 0 Å². The predicted molar refractivity (Wildman–Crippen MR) is 66.2 cm³/mol. The molecule has 1 aromatic heterocycles. The van der Waals surface area contributed by atoms with Gasteiger partial charge in [-0.15, -0.1) is 0 Å². The third kappa shape index (κ3) is 2.07. The van der Waals surface area contributed by atoms with Gasteiger partial charge in [0.15, 0.2) is 0 Å². The second kappa shape index (κ2) is 4.91. The predicted octanol–water partition coefficient (Wildman–Crippen LogP) is 2.04. The summed E-state index contributed by atoms with van der Waals surface area (Å²) in [5.41, 5.74) is 0.997. The van der Waals surface area contributed by atoms with Crippen molar-refractivity contribution in [3.8, 4) is 11.6 Å². The van der Waals surface area contributed by atoms with Gasteiger partial charge in [-0.1, -0.05) is 0 Å². The second-order valence-corrected chi connectivity index (χ2v) is 3.60. The molecule has 2 aromatic rings. The summed E-state index contributed by atoms with van der Waals surface area (Å²) in [5.74, 6) is 0.461. The number of esters is 1. The van der Waals surface area contributed by atoms with Crippen molar-refractivity contribution in [2.24, 2.45) is 0 Å². The maximum Gasteiger partial charge on any atom is 0.343 e. The molecule has 0 aliphatic carbocycles. The normalized spacial score (nSPS) is 10.2. The first kappa shape index (κ1) is 12.2. The highest BCUT2D eigenvalue weighted by atomic mass is 16.5. The van der Waals surface area contributed by atoms with Crippen LogP contribution in [0.1, 0.15) is 10.4 Å². The van der Waals surface area contributed by atoms with Crippen molar-refractivity contribution in [2.75, 3.05) is 21.3 Å². The smallest absolute Gasteiger partial charge is 0.343 e. The van der Waals surface area contributed by atoms with E-state index in [1.165, 1.54) is 14.2 Å². The molecule has 0 unspecified atom stereocenters. The van der Waals surface area contributed by atoms with Gasteiger partial charge in [0, 0.05) is 11.5 Å². The molecule has 5 heteroatoms. The minimum Gasteiger partial charge on any atom is -0.497 e. The van der Waals surface area contributed by atoms with Crippen molar-refractivity contribution < 1.29 is 19.0 Å². The molecule has 0 spiro atoms. The lowest BCUT2D eigenvalue weighted by molar-refractivity contribution is 0.0596. The molecule has 0 aliphatic rings. The van der Waals surface area contributed by atoms with Crippen LogP contribution in [0.25, 0.3) is 10.9 Å². The first-order valence-corrected chi connectivity index (χ1v) is 5.30. The number of aromatic nitrogens is 1. The Morgan fingerprint density at radius 1 is 1.11 bits per heavy atom. The SMILES string of the molecule is COC(=O)c1cc2ccc(OC)cc2nc1OC. The number of benzene rings is 1. The molecule has 0 aliphatic heterocycles. The van der Waals surface area contributed by atoms with E-state index < -0.39 is 5.97 Å². The van der Waals surface area contributed by atoms with E-state index >= 15 is 0 Å². The molecule has 0 radical (unpaired) electrons. The van der Waals surface area contributed by atoms with Crippen LogP contribution in [0.5, 0.6) is 11.6 Å². The van der Waals surface area contributed by atoms with Crippen molar-refractivity contribution in [3.05, 3.63) is 29.8 Å². The van der Waals surface area contributed by atoms with E-state index in [4.69, 9.17) is 9.47 Å². The molecule has 18 heavy (non-hydrogen) atoms. The Kier molecular flexibility index (Phi) is 3.32. The summed E-state index contributed by atoms with van der Waals surface area (Å²) >= 11 is 0. The highest BCUT2D eigenvalue weighted by Crippen LogP contribution is 2.25. The topological polar surface area (TPSA) is 57.7 Å². The number of methoxy groups -OCH3 is 3. The maximum absolute atomic E-state index is 11.6. The highest BCUT2D eigenvalue weighted by Gasteiger charge is 2.15. The number of carbonyl (C=O) groups is 1. The number of fused-ring (bicyclic) bond motifs is 1. The van der Waals surface area contributed by atoms with Gasteiger partial charge in [0.25, 0.3) is 0 Å². The van der Waals surface area contributed by atoms with Crippen molar-refractivity contribution >= 4 is 16.9 Å². The fourth-order valence-corrected chi connectivity index (χ4v) is 1.67. The Labute approximate surface area is 104 Å². The molecule has 5 nitrogen and oxygen atoms in total. The van der Waals surface area contributed by atoms with E-state index in [1.807, 2.05) is 6.07 Å². The van der Waals surface area contributed by atoms with Gasteiger partial charge in [0.2, 0.25) is 5.88 Å². The van der Waals surface area contributed by atoms with Crippen molar-refractivity contribution in [1.29, 1.82) is 0 Å². The Bertz CT molecular complexity index is 595. The van der Waals surface area contributed by atoms with Gasteiger partial charge in [-0.05, 0) is 18.2 Å². The zero-order valence-electron chi connectivity index (χ0n) is 10.4. The number of rotatable bonds is 3. The Balaban J connectivity index is 2.64. The Morgan fingerprint density at radius 2 is 1.89 bits per heavy atom. The quantitative estimate of drug-likeness (QED) is 0.777. The molecular weight excluding hydrogens is 234 g/mol. The first-order chi connectivity index (χ1) is 8.69. The minimum absolute atomic E-state index is 0.239. The molecule has 0 fully saturated rings. The zero-order valence-corrected chi connectivity index (χ0v) is 10.4. The summed E-state index contributed by atoms with van der Waals surface area (Å²) in [6.45, 7) is 0. The van der Waals surface area contributed by atoms with Gasteiger partial charge >= 0.3 is 5.97 Å². The molecular formula is C13H13NO4. The zero-order chi connectivity index (χ0) is 13.1. The first-order valence-electron chi connectivity index (χ1n) is 5.30. The van der Waals surface area contributed by atoms with Crippen LogP contribution in [0.4, 0.5) is 0 Å². The van der Waals surface area contributed by atoms with Gasteiger partial charge in [-0.2, -0.15) is 0 Å². The molecule has 94 valence electrons. The van der Waals surface area contributed by atoms with Crippen LogP contribution in [0.2, 0.25) is 0 Å². The van der Waals surface area contributed by atoms with Gasteiger partial charge in [-0.25, -0.2) is 9.78 Å². The van der Waals surface area contributed by atoms with E-state index in [0.717, 1.165) is 5.39 Å². The van der Waals surface area contributed by atoms with Crippen molar-refractivity contribution in [1.82, 2.24) is 4.98 Å². The molecule has 0 atom stereocenters. The van der Waals surface area contributed by atoms with E-state index in [0.29, 0.717) is 16.8 Å².